The molecule has 0 aliphatic heterocycles. The standard InChI is InChI=1S/C36H25ClN2S.C24H15Cl2NS.C12H11N/c37-36-31(38(27-14-4-1-5-15-27)28-16-6-2-7-17-28)21-12-22-32(36)39(29-18-8-3-9-19-29)33-25-40-34-24-23-26-13-10-11-20-30(26)35(33)34;25-19-11-6-12-20(24(19)26)27(17-8-2-1-3-9-17)21-15-28-22-14-13-16-7-4-5-10-18(16)23(21)22;1-3-7-11(8-4-1)13-12-9-5-2-6-10-12/h1-25H;1-15H;1-10,13H. The fourth-order valence-electron chi connectivity index (χ4n) is 10.2. The molecule has 0 radical (unpaired) electrons. The fraction of sp³-hybridized carbons (Fsp3) is 0. The number of nitrogens with one attached hydrogen (secondary N) is 1. The zero-order valence-corrected chi connectivity index (χ0v) is 47.6. The van der Waals surface area contributed by atoms with E-state index < -0.39 is 0 Å². The second-order valence-corrected chi connectivity index (χ2v) is 21.9. The summed E-state index contributed by atoms with van der Waals surface area (Å²) in [5.74, 6) is 0. The Morgan fingerprint density at radius 1 is 0.272 bits per heavy atom. The second kappa shape index (κ2) is 24.7. The van der Waals surface area contributed by atoms with E-state index in [2.05, 4.69) is 207 Å². The van der Waals surface area contributed by atoms with E-state index in [0.29, 0.717) is 15.1 Å². The van der Waals surface area contributed by atoms with Crippen molar-refractivity contribution in [1.29, 1.82) is 0 Å². The van der Waals surface area contributed by atoms with Crippen LogP contribution < -0.4 is 20.0 Å². The van der Waals surface area contributed by atoms with Gasteiger partial charge >= 0.3 is 0 Å². The van der Waals surface area contributed by atoms with Gasteiger partial charge in [0, 0.05) is 65.1 Å². The summed E-state index contributed by atoms with van der Waals surface area (Å²) in [6.45, 7) is 0. The van der Waals surface area contributed by atoms with Gasteiger partial charge in [0.05, 0.1) is 43.5 Å². The molecule has 0 saturated heterocycles. The van der Waals surface area contributed by atoms with Gasteiger partial charge in [-0.05, 0) is 131 Å². The SMILES string of the molecule is Clc1c(N(c2ccccc2)c2ccccc2)cccc1N(c1ccccc1)c1csc2ccc3ccccc3c12.Clc1cccc(N(c2ccccc2)c2csc3ccc4ccccc4c23)c1Cl.c1ccc(Nc2ccccc2)cc1. The van der Waals surface area contributed by atoms with Crippen LogP contribution in [-0.4, -0.2) is 0 Å². The lowest BCUT2D eigenvalue weighted by atomic mass is 10.0. The van der Waals surface area contributed by atoms with E-state index in [1.165, 1.54) is 41.7 Å². The average molecular weight is 1140 g/mol. The van der Waals surface area contributed by atoms with Crippen LogP contribution in [0.3, 0.4) is 0 Å². The van der Waals surface area contributed by atoms with Crippen molar-refractivity contribution in [3.05, 3.63) is 317 Å². The largest absolute Gasteiger partial charge is 0.356 e. The number of benzene rings is 12. The summed E-state index contributed by atoms with van der Waals surface area (Å²) in [7, 11) is 0. The number of nitrogens with zero attached hydrogens (tertiary/aromatic N) is 3. The molecule has 2 aromatic heterocycles. The van der Waals surface area contributed by atoms with Crippen molar-refractivity contribution in [2.45, 2.75) is 0 Å². The van der Waals surface area contributed by atoms with Crippen LogP contribution in [0.15, 0.2) is 302 Å². The predicted octanol–water partition coefficient (Wildman–Crippen LogP) is 23.9. The Kier molecular flexibility index (Phi) is 16.1. The van der Waals surface area contributed by atoms with Gasteiger partial charge in [-0.1, -0.05) is 217 Å². The molecule has 0 amide bonds. The van der Waals surface area contributed by atoms with Crippen LogP contribution >= 0.6 is 57.5 Å². The van der Waals surface area contributed by atoms with Crippen LogP contribution in [0, 0.1) is 0 Å². The Morgan fingerprint density at radius 2 is 0.605 bits per heavy atom. The second-order valence-electron chi connectivity index (χ2n) is 19.0. The van der Waals surface area contributed by atoms with Crippen LogP contribution in [0.2, 0.25) is 15.1 Å². The molecule has 0 atom stereocenters. The van der Waals surface area contributed by atoms with E-state index in [4.69, 9.17) is 34.8 Å². The molecule has 0 aliphatic rings. The molecule has 81 heavy (non-hydrogen) atoms. The molecule has 0 aliphatic carbocycles. The number of para-hydroxylation sites is 6. The Hall–Kier alpha value is -8.85. The summed E-state index contributed by atoms with van der Waals surface area (Å²) in [6.07, 6.45) is 0. The van der Waals surface area contributed by atoms with Crippen LogP contribution in [0.4, 0.5) is 62.6 Å². The molecule has 9 heteroatoms. The van der Waals surface area contributed by atoms with Crippen molar-refractivity contribution >= 4 is 162 Å². The number of thiophene rings is 2. The highest BCUT2D eigenvalue weighted by Gasteiger charge is 2.25. The Labute approximate surface area is 495 Å². The van der Waals surface area contributed by atoms with E-state index in [9.17, 15) is 0 Å². The minimum absolute atomic E-state index is 0.546. The number of hydrogen-bond acceptors (Lipinski definition) is 6. The van der Waals surface area contributed by atoms with Crippen molar-refractivity contribution in [3.8, 4) is 0 Å². The molecule has 0 fully saturated rings. The van der Waals surface area contributed by atoms with E-state index in [1.807, 2.05) is 115 Å². The number of hydrogen-bond donors (Lipinski definition) is 1. The predicted molar refractivity (Wildman–Crippen MR) is 354 cm³/mol. The summed E-state index contributed by atoms with van der Waals surface area (Å²) in [5, 5.41) is 16.9. The van der Waals surface area contributed by atoms with Crippen molar-refractivity contribution in [2.75, 3.05) is 20.0 Å². The Morgan fingerprint density at radius 3 is 1.02 bits per heavy atom. The Bertz CT molecular complexity index is 4300. The van der Waals surface area contributed by atoms with Crippen LogP contribution in [-0.2, 0) is 0 Å². The molecule has 0 saturated carbocycles. The maximum atomic E-state index is 7.45. The number of rotatable bonds is 11. The normalized spacial score (nSPS) is 10.9. The third kappa shape index (κ3) is 11.3. The van der Waals surface area contributed by atoms with Crippen molar-refractivity contribution in [2.24, 2.45) is 0 Å². The van der Waals surface area contributed by atoms with Crippen molar-refractivity contribution in [3.63, 3.8) is 0 Å². The molecule has 0 spiro atoms. The lowest BCUT2D eigenvalue weighted by Crippen LogP contribution is -2.14. The summed E-state index contributed by atoms with van der Waals surface area (Å²) in [4.78, 5) is 6.71. The summed E-state index contributed by atoms with van der Waals surface area (Å²) in [6, 6.07) is 99.7. The van der Waals surface area contributed by atoms with E-state index in [1.54, 1.807) is 22.7 Å². The van der Waals surface area contributed by atoms with Crippen molar-refractivity contribution in [1.82, 2.24) is 0 Å². The smallest absolute Gasteiger partial charge is 0.0887 e. The monoisotopic (exact) mass is 1140 g/mol. The number of halogens is 3. The van der Waals surface area contributed by atoms with Crippen molar-refractivity contribution < 1.29 is 0 Å². The van der Waals surface area contributed by atoms with Gasteiger partial charge in [-0.25, -0.2) is 0 Å². The Balaban J connectivity index is 0.000000137. The third-order valence-corrected chi connectivity index (χ3v) is 16.9. The first-order valence-electron chi connectivity index (χ1n) is 26.5. The highest BCUT2D eigenvalue weighted by molar-refractivity contribution is 7.18. The first kappa shape index (κ1) is 52.8. The maximum Gasteiger partial charge on any atom is 0.0887 e. The highest BCUT2D eigenvalue weighted by atomic mass is 35.5. The maximum absolute atomic E-state index is 7.45. The molecule has 392 valence electrons. The molecule has 12 aromatic carbocycles. The first-order valence-corrected chi connectivity index (χ1v) is 29.4. The highest BCUT2D eigenvalue weighted by Crippen LogP contribution is 2.51. The number of fused-ring (bicyclic) bond motifs is 6. The lowest BCUT2D eigenvalue weighted by Gasteiger charge is -2.30. The molecule has 2 heterocycles. The minimum atomic E-state index is 0.546. The van der Waals surface area contributed by atoms with Crippen LogP contribution in [0.25, 0.3) is 41.7 Å². The molecule has 14 rings (SSSR count). The molecule has 0 unspecified atom stereocenters. The van der Waals surface area contributed by atoms with Gasteiger partial charge in [-0.2, -0.15) is 0 Å². The van der Waals surface area contributed by atoms with Gasteiger partial charge in [0.2, 0.25) is 0 Å². The fourth-order valence-corrected chi connectivity index (χ4v) is 12.7. The van der Waals surface area contributed by atoms with Gasteiger partial charge in [0.15, 0.2) is 0 Å². The van der Waals surface area contributed by atoms with Crippen LogP contribution in [0.5, 0.6) is 0 Å². The quantitative estimate of drug-likeness (QED) is 0.139. The van der Waals surface area contributed by atoms with Gasteiger partial charge in [0.25, 0.3) is 0 Å². The molecule has 1 N–H and O–H groups in total. The minimum Gasteiger partial charge on any atom is -0.356 e. The number of anilines is 11. The molecule has 14 aromatic rings. The zero-order valence-electron chi connectivity index (χ0n) is 43.7. The average Bonchev–Trinajstić information content (AvgIpc) is 4.17. The first-order chi connectivity index (χ1) is 40.0. The van der Waals surface area contributed by atoms with Crippen LogP contribution in [0.1, 0.15) is 0 Å². The topological polar surface area (TPSA) is 21.8 Å². The third-order valence-electron chi connectivity index (χ3n) is 13.9. The van der Waals surface area contributed by atoms with Gasteiger partial charge < -0.3 is 20.0 Å². The van der Waals surface area contributed by atoms with E-state index >= 15 is 0 Å². The van der Waals surface area contributed by atoms with Gasteiger partial charge in [-0.15, -0.1) is 22.7 Å². The lowest BCUT2D eigenvalue weighted by molar-refractivity contribution is 1.26. The van der Waals surface area contributed by atoms with E-state index in [0.717, 1.165) is 62.6 Å². The molecular formula is C72H51Cl3N4S2. The van der Waals surface area contributed by atoms with Gasteiger partial charge in [-0.3, -0.25) is 0 Å². The molecule has 4 nitrogen and oxygen atoms in total. The summed E-state index contributed by atoms with van der Waals surface area (Å²) in [5.41, 5.74) is 11.4. The zero-order chi connectivity index (χ0) is 54.9. The summed E-state index contributed by atoms with van der Waals surface area (Å²) < 4.78 is 2.49. The summed E-state index contributed by atoms with van der Waals surface area (Å²) >= 11 is 24.0. The van der Waals surface area contributed by atoms with E-state index in [-0.39, 0.29) is 0 Å². The molecule has 0 bridgehead atoms. The molecular weight excluding hydrogens is 1090 g/mol. The van der Waals surface area contributed by atoms with Gasteiger partial charge in [0.1, 0.15) is 0 Å².